The molecule has 2 amide bonds. The predicted octanol–water partition coefficient (Wildman–Crippen LogP) is -0.327. The fraction of sp³-hybridized carbons (Fsp3) is 0.500. The van der Waals surface area contributed by atoms with Gasteiger partial charge in [-0.2, -0.15) is 0 Å². The lowest BCUT2D eigenvalue weighted by atomic mass is 10.0. The Hall–Kier alpha value is -1.63. The molecule has 2 N–H and O–H groups in total. The number of amides is 2. The maximum absolute atomic E-state index is 12.0. The number of H-pyrrole nitrogens is 1. The van der Waals surface area contributed by atoms with Crippen molar-refractivity contribution >= 4 is 23.2 Å². The number of aromatic nitrogens is 1. The van der Waals surface area contributed by atoms with E-state index in [1.807, 2.05) is 0 Å². The average molecular weight is 255 g/mol. The van der Waals surface area contributed by atoms with Crippen LogP contribution in [0.4, 0.5) is 0 Å². The highest BCUT2D eigenvalue weighted by atomic mass is 32.1. The number of piperazine rings is 1. The van der Waals surface area contributed by atoms with E-state index < -0.39 is 5.54 Å². The Balaban J connectivity index is 2.17. The van der Waals surface area contributed by atoms with Gasteiger partial charge in [0.25, 0.3) is 0 Å². The van der Waals surface area contributed by atoms with Crippen LogP contribution in [-0.4, -0.2) is 33.8 Å². The van der Waals surface area contributed by atoms with Crippen molar-refractivity contribution in [1.82, 2.24) is 15.2 Å². The maximum atomic E-state index is 12.0. The highest BCUT2D eigenvalue weighted by Gasteiger charge is 2.38. The monoisotopic (exact) mass is 255 g/mol. The van der Waals surface area contributed by atoms with Gasteiger partial charge in [0.2, 0.25) is 11.8 Å². The van der Waals surface area contributed by atoms with E-state index in [0.717, 1.165) is 11.3 Å². The molecule has 1 aliphatic rings. The lowest BCUT2D eigenvalue weighted by Crippen LogP contribution is -2.63. The van der Waals surface area contributed by atoms with Crippen molar-refractivity contribution in [2.24, 2.45) is 0 Å². The molecule has 0 atom stereocenters. The zero-order chi connectivity index (χ0) is 12.6. The molecular formula is C10H13N3O3S. The number of carbonyl (C=O) groups excluding carboxylic acids is 2. The second kappa shape index (κ2) is 3.99. The number of nitrogens with one attached hydrogen (secondary N) is 2. The van der Waals surface area contributed by atoms with Crippen LogP contribution in [0.15, 0.2) is 10.2 Å². The number of hydrogen-bond donors (Lipinski definition) is 2. The number of carbonyl (C=O) groups is 2. The molecule has 1 aliphatic heterocycles. The molecule has 0 spiro atoms. The Morgan fingerprint density at radius 2 is 2.12 bits per heavy atom. The Morgan fingerprint density at radius 1 is 1.41 bits per heavy atom. The largest absolute Gasteiger partial charge is 0.341 e. The van der Waals surface area contributed by atoms with Crippen LogP contribution >= 0.6 is 11.3 Å². The first-order chi connectivity index (χ1) is 7.88. The summed E-state index contributed by atoms with van der Waals surface area (Å²) in [6.45, 7) is 3.61. The van der Waals surface area contributed by atoms with Gasteiger partial charge in [-0.25, -0.2) is 0 Å². The molecular weight excluding hydrogens is 242 g/mol. The van der Waals surface area contributed by atoms with Gasteiger partial charge in [-0.3, -0.25) is 14.4 Å². The lowest BCUT2D eigenvalue weighted by molar-refractivity contribution is -0.149. The van der Waals surface area contributed by atoms with Crippen molar-refractivity contribution in [3.05, 3.63) is 20.7 Å². The smallest absolute Gasteiger partial charge is 0.304 e. The molecule has 7 heteroatoms. The highest BCUT2D eigenvalue weighted by molar-refractivity contribution is 7.07. The molecule has 1 aromatic heterocycles. The van der Waals surface area contributed by atoms with Crippen LogP contribution in [0, 0.1) is 0 Å². The maximum Gasteiger partial charge on any atom is 0.304 e. The van der Waals surface area contributed by atoms with Gasteiger partial charge in [0.15, 0.2) is 0 Å². The highest BCUT2D eigenvalue weighted by Crippen LogP contribution is 2.15. The van der Waals surface area contributed by atoms with Crippen LogP contribution in [0.25, 0.3) is 0 Å². The van der Waals surface area contributed by atoms with Crippen molar-refractivity contribution in [3.8, 4) is 0 Å². The summed E-state index contributed by atoms with van der Waals surface area (Å²) < 4.78 is 0. The van der Waals surface area contributed by atoms with E-state index in [4.69, 9.17) is 0 Å². The van der Waals surface area contributed by atoms with Crippen molar-refractivity contribution < 1.29 is 9.59 Å². The molecule has 2 rings (SSSR count). The third kappa shape index (κ3) is 2.38. The first kappa shape index (κ1) is 11.8. The fourth-order valence-electron chi connectivity index (χ4n) is 1.81. The summed E-state index contributed by atoms with van der Waals surface area (Å²) in [5, 5.41) is 4.29. The minimum absolute atomic E-state index is 0.0279. The van der Waals surface area contributed by atoms with E-state index in [-0.39, 0.29) is 29.8 Å². The van der Waals surface area contributed by atoms with Gasteiger partial charge in [0.05, 0.1) is 6.54 Å². The Labute approximate surface area is 102 Å². The van der Waals surface area contributed by atoms with Crippen molar-refractivity contribution in [2.75, 3.05) is 6.54 Å². The van der Waals surface area contributed by atoms with Gasteiger partial charge in [0.1, 0.15) is 12.1 Å². The average Bonchev–Trinajstić information content (AvgIpc) is 2.59. The topological polar surface area (TPSA) is 82.3 Å². The quantitative estimate of drug-likeness (QED) is 0.759. The van der Waals surface area contributed by atoms with Gasteiger partial charge >= 0.3 is 4.87 Å². The minimum atomic E-state index is -0.883. The van der Waals surface area contributed by atoms with E-state index in [9.17, 15) is 14.4 Å². The molecule has 0 bridgehead atoms. The van der Waals surface area contributed by atoms with E-state index in [2.05, 4.69) is 10.3 Å². The van der Waals surface area contributed by atoms with E-state index in [0.29, 0.717) is 5.69 Å². The molecule has 6 nitrogen and oxygen atoms in total. The number of nitrogens with zero attached hydrogens (tertiary/aromatic N) is 1. The Morgan fingerprint density at radius 3 is 2.71 bits per heavy atom. The van der Waals surface area contributed by atoms with Crippen molar-refractivity contribution in [1.29, 1.82) is 0 Å². The fourth-order valence-corrected chi connectivity index (χ4v) is 2.38. The van der Waals surface area contributed by atoms with Gasteiger partial charge in [-0.05, 0) is 13.8 Å². The number of rotatable bonds is 2. The molecule has 0 aliphatic carbocycles. The molecule has 1 fully saturated rings. The van der Waals surface area contributed by atoms with E-state index >= 15 is 0 Å². The van der Waals surface area contributed by atoms with Gasteiger partial charge < -0.3 is 15.2 Å². The van der Waals surface area contributed by atoms with E-state index in [1.165, 1.54) is 4.90 Å². The lowest BCUT2D eigenvalue weighted by Gasteiger charge is -2.37. The molecule has 1 saturated heterocycles. The van der Waals surface area contributed by atoms with Gasteiger partial charge in [0, 0.05) is 11.1 Å². The van der Waals surface area contributed by atoms with E-state index in [1.54, 1.807) is 19.2 Å². The van der Waals surface area contributed by atoms with Crippen LogP contribution in [0.5, 0.6) is 0 Å². The minimum Gasteiger partial charge on any atom is -0.341 e. The van der Waals surface area contributed by atoms with Gasteiger partial charge in [-0.15, -0.1) is 0 Å². The SMILES string of the molecule is CC1(C)NC(=O)CN(Cc2csc(=O)[nH]2)C1=O. The molecule has 0 radical (unpaired) electrons. The third-order valence-electron chi connectivity index (χ3n) is 2.54. The second-order valence-corrected chi connectivity index (χ2v) is 5.35. The van der Waals surface area contributed by atoms with Crippen LogP contribution in [0.2, 0.25) is 0 Å². The molecule has 0 unspecified atom stereocenters. The van der Waals surface area contributed by atoms with Crippen LogP contribution < -0.4 is 10.2 Å². The summed E-state index contributed by atoms with van der Waals surface area (Å²) in [6.07, 6.45) is 0. The molecule has 1 aromatic rings. The second-order valence-electron chi connectivity index (χ2n) is 4.51. The summed E-state index contributed by atoms with van der Waals surface area (Å²) in [6, 6.07) is 0. The van der Waals surface area contributed by atoms with Gasteiger partial charge in [-0.1, -0.05) is 11.3 Å². The molecule has 92 valence electrons. The zero-order valence-electron chi connectivity index (χ0n) is 9.57. The molecule has 0 saturated carbocycles. The predicted molar refractivity (Wildman–Crippen MR) is 62.6 cm³/mol. The normalized spacial score (nSPS) is 19.3. The van der Waals surface area contributed by atoms with Crippen LogP contribution in [0.1, 0.15) is 19.5 Å². The zero-order valence-corrected chi connectivity index (χ0v) is 10.4. The number of thiazole rings is 1. The first-order valence-corrected chi connectivity index (χ1v) is 6.03. The first-order valence-electron chi connectivity index (χ1n) is 5.15. The molecule has 0 aromatic carbocycles. The van der Waals surface area contributed by atoms with Crippen LogP contribution in [0.3, 0.4) is 0 Å². The number of hydrogen-bond acceptors (Lipinski definition) is 4. The van der Waals surface area contributed by atoms with Crippen LogP contribution in [-0.2, 0) is 16.1 Å². The summed E-state index contributed by atoms with van der Waals surface area (Å²) in [4.78, 5) is 38.4. The third-order valence-corrected chi connectivity index (χ3v) is 3.26. The van der Waals surface area contributed by atoms with Crippen molar-refractivity contribution in [2.45, 2.75) is 25.9 Å². The summed E-state index contributed by atoms with van der Waals surface area (Å²) in [5.74, 6) is -0.337. The Bertz CT molecular complexity index is 517. The molecule has 17 heavy (non-hydrogen) atoms. The standard InChI is InChI=1S/C10H13N3O3S/c1-10(2)8(15)13(4-7(14)12-10)3-6-5-17-9(16)11-6/h5H,3-4H2,1-2H3,(H,11,16)(H,12,14). The van der Waals surface area contributed by atoms with Crippen molar-refractivity contribution in [3.63, 3.8) is 0 Å². The molecule has 2 heterocycles. The summed E-state index contributed by atoms with van der Waals surface area (Å²) in [5.41, 5.74) is -0.232. The number of aromatic amines is 1. The Kier molecular flexibility index (Phi) is 2.78. The summed E-state index contributed by atoms with van der Waals surface area (Å²) in [7, 11) is 0. The summed E-state index contributed by atoms with van der Waals surface area (Å²) >= 11 is 1.05.